The fourth-order valence-electron chi connectivity index (χ4n) is 2.41. The van der Waals surface area contributed by atoms with Crippen molar-refractivity contribution in [2.75, 3.05) is 31.6 Å². The van der Waals surface area contributed by atoms with Crippen LogP contribution in [0.3, 0.4) is 0 Å². The van der Waals surface area contributed by atoms with Crippen LogP contribution in [0.4, 0.5) is 0 Å². The van der Waals surface area contributed by atoms with Crippen LogP contribution in [0.1, 0.15) is 25.3 Å². The molecule has 22 heavy (non-hydrogen) atoms. The van der Waals surface area contributed by atoms with Crippen molar-refractivity contribution in [1.29, 1.82) is 0 Å². The van der Waals surface area contributed by atoms with E-state index in [0.29, 0.717) is 12.5 Å². The van der Waals surface area contributed by atoms with Crippen LogP contribution in [0.5, 0.6) is 0 Å². The largest absolute Gasteiger partial charge is 0.357 e. The summed E-state index contributed by atoms with van der Waals surface area (Å²) >= 11 is 0. The third-order valence-electron chi connectivity index (χ3n) is 3.89. The van der Waals surface area contributed by atoms with E-state index in [9.17, 15) is 8.42 Å². The summed E-state index contributed by atoms with van der Waals surface area (Å²) in [5.41, 5.74) is 1.51. The third-order valence-corrected chi connectivity index (χ3v) is 4.83. The van der Waals surface area contributed by atoms with Crippen LogP contribution in [0, 0.1) is 0 Å². The van der Waals surface area contributed by atoms with Gasteiger partial charge in [0.15, 0.2) is 5.96 Å². The molecule has 1 aromatic rings. The fraction of sp³-hybridized carbons (Fsp3) is 0.562. The summed E-state index contributed by atoms with van der Waals surface area (Å²) in [7, 11) is -2.95. The van der Waals surface area contributed by atoms with E-state index in [0.717, 1.165) is 25.9 Å². The lowest BCUT2D eigenvalue weighted by Crippen LogP contribution is -2.40. The Morgan fingerprint density at radius 1 is 1.23 bits per heavy atom. The zero-order valence-corrected chi connectivity index (χ0v) is 14.1. The van der Waals surface area contributed by atoms with Gasteiger partial charge in [-0.25, -0.2) is 8.42 Å². The maximum atomic E-state index is 11.2. The number of hydrogen-bond donors (Lipinski definition) is 2. The highest BCUT2D eigenvalue weighted by atomic mass is 32.2. The Hall–Kier alpha value is -1.56. The lowest BCUT2D eigenvalue weighted by molar-refractivity contribution is 0.600. The maximum absolute atomic E-state index is 11.2. The molecular formula is C16H25N3O2S. The third kappa shape index (κ3) is 5.02. The Balaban J connectivity index is 1.95. The summed E-state index contributed by atoms with van der Waals surface area (Å²) < 4.78 is 22.4. The summed E-state index contributed by atoms with van der Waals surface area (Å²) in [6.45, 7) is 3.86. The van der Waals surface area contributed by atoms with E-state index in [-0.39, 0.29) is 11.2 Å². The Bertz CT molecular complexity index is 608. The zero-order chi connectivity index (χ0) is 16.1. The number of guanidine groups is 1. The molecule has 0 heterocycles. The molecule has 1 aliphatic carbocycles. The Morgan fingerprint density at radius 3 is 2.45 bits per heavy atom. The molecule has 0 spiro atoms. The molecule has 1 saturated carbocycles. The van der Waals surface area contributed by atoms with Crippen molar-refractivity contribution in [1.82, 2.24) is 10.6 Å². The molecule has 0 bridgehead atoms. The minimum Gasteiger partial charge on any atom is -0.357 e. The van der Waals surface area contributed by atoms with E-state index in [1.807, 2.05) is 13.0 Å². The minimum atomic E-state index is -2.95. The predicted octanol–water partition coefficient (Wildman–Crippen LogP) is 1.32. The van der Waals surface area contributed by atoms with Gasteiger partial charge in [0.2, 0.25) is 0 Å². The normalized spacial score (nSPS) is 17.1. The van der Waals surface area contributed by atoms with Crippen molar-refractivity contribution in [3.8, 4) is 0 Å². The highest BCUT2D eigenvalue weighted by molar-refractivity contribution is 7.90. The average molecular weight is 323 g/mol. The molecule has 0 saturated heterocycles. The van der Waals surface area contributed by atoms with Gasteiger partial charge in [0.25, 0.3) is 0 Å². The molecule has 0 atom stereocenters. The summed E-state index contributed by atoms with van der Waals surface area (Å²) in [6.07, 6.45) is 3.56. The molecule has 5 nitrogen and oxygen atoms in total. The van der Waals surface area contributed by atoms with Gasteiger partial charge in [0.1, 0.15) is 9.84 Å². The number of rotatable bonds is 7. The van der Waals surface area contributed by atoms with Gasteiger partial charge in [-0.2, -0.15) is 0 Å². The molecule has 1 aromatic carbocycles. The Morgan fingerprint density at radius 2 is 1.91 bits per heavy atom. The second-order valence-corrected chi connectivity index (χ2v) is 8.16. The van der Waals surface area contributed by atoms with Crippen LogP contribution in [-0.2, 0) is 15.3 Å². The molecule has 0 amide bonds. The first-order valence-electron chi connectivity index (χ1n) is 7.71. The molecule has 2 rings (SSSR count). The first-order valence-corrected chi connectivity index (χ1v) is 9.77. The standard InChI is InChI=1S/C16H25N3O2S/c1-3-17-15(18-11-12-22(2,20)21)19-13-16(9-10-16)14-7-5-4-6-8-14/h4-8H,3,9-13H2,1-2H3,(H2,17,18,19). The summed E-state index contributed by atoms with van der Waals surface area (Å²) in [5, 5.41) is 6.25. The van der Waals surface area contributed by atoms with Crippen molar-refractivity contribution >= 4 is 15.8 Å². The van der Waals surface area contributed by atoms with E-state index >= 15 is 0 Å². The van der Waals surface area contributed by atoms with Crippen molar-refractivity contribution in [2.24, 2.45) is 4.99 Å². The molecule has 2 N–H and O–H groups in total. The van der Waals surface area contributed by atoms with Gasteiger partial charge in [-0.05, 0) is 25.3 Å². The monoisotopic (exact) mass is 323 g/mol. The average Bonchev–Trinajstić information content (AvgIpc) is 3.26. The first-order chi connectivity index (χ1) is 10.5. The van der Waals surface area contributed by atoms with Gasteiger partial charge in [0, 0.05) is 24.8 Å². The zero-order valence-electron chi connectivity index (χ0n) is 13.3. The molecule has 0 aliphatic heterocycles. The second-order valence-electron chi connectivity index (χ2n) is 5.90. The lowest BCUT2D eigenvalue weighted by Gasteiger charge is -2.15. The van der Waals surface area contributed by atoms with Gasteiger partial charge >= 0.3 is 0 Å². The maximum Gasteiger partial charge on any atom is 0.191 e. The molecule has 0 aromatic heterocycles. The number of sulfone groups is 1. The molecule has 1 aliphatic rings. The van der Waals surface area contributed by atoms with Gasteiger partial charge in [-0.3, -0.25) is 4.99 Å². The molecule has 122 valence electrons. The molecule has 6 heteroatoms. The van der Waals surface area contributed by atoms with Crippen LogP contribution >= 0.6 is 0 Å². The molecular weight excluding hydrogens is 298 g/mol. The van der Waals surface area contributed by atoms with Gasteiger partial charge < -0.3 is 10.6 Å². The van der Waals surface area contributed by atoms with Crippen LogP contribution in [0.25, 0.3) is 0 Å². The van der Waals surface area contributed by atoms with Crippen LogP contribution in [0.2, 0.25) is 0 Å². The molecule has 1 fully saturated rings. The van der Waals surface area contributed by atoms with Crippen molar-refractivity contribution in [2.45, 2.75) is 25.2 Å². The van der Waals surface area contributed by atoms with Gasteiger partial charge in [-0.1, -0.05) is 30.3 Å². The van der Waals surface area contributed by atoms with Crippen molar-refractivity contribution < 1.29 is 8.42 Å². The van der Waals surface area contributed by atoms with E-state index in [2.05, 4.69) is 39.9 Å². The smallest absolute Gasteiger partial charge is 0.191 e. The van der Waals surface area contributed by atoms with Gasteiger partial charge in [-0.15, -0.1) is 0 Å². The summed E-state index contributed by atoms with van der Waals surface area (Å²) in [4.78, 5) is 4.64. The number of nitrogens with one attached hydrogen (secondary N) is 2. The Kier molecular flexibility index (Phi) is 5.45. The highest BCUT2D eigenvalue weighted by Gasteiger charge is 2.43. The molecule has 0 unspecified atom stereocenters. The number of benzene rings is 1. The quantitative estimate of drug-likeness (QED) is 0.586. The number of hydrogen-bond acceptors (Lipinski definition) is 3. The van der Waals surface area contributed by atoms with Gasteiger partial charge in [0.05, 0.1) is 12.3 Å². The highest BCUT2D eigenvalue weighted by Crippen LogP contribution is 2.48. The van der Waals surface area contributed by atoms with Crippen LogP contribution in [-0.4, -0.2) is 46.0 Å². The van der Waals surface area contributed by atoms with Crippen molar-refractivity contribution in [3.63, 3.8) is 0 Å². The van der Waals surface area contributed by atoms with Crippen LogP contribution in [0.15, 0.2) is 35.3 Å². The topological polar surface area (TPSA) is 70.6 Å². The van der Waals surface area contributed by atoms with E-state index < -0.39 is 9.84 Å². The minimum absolute atomic E-state index is 0.112. The summed E-state index contributed by atoms with van der Waals surface area (Å²) in [6, 6.07) is 10.5. The number of aliphatic imine (C=N–C) groups is 1. The molecule has 0 radical (unpaired) electrons. The Labute approximate surface area is 133 Å². The second kappa shape index (κ2) is 7.13. The van der Waals surface area contributed by atoms with Crippen molar-refractivity contribution in [3.05, 3.63) is 35.9 Å². The summed E-state index contributed by atoms with van der Waals surface area (Å²) in [5.74, 6) is 0.801. The van der Waals surface area contributed by atoms with E-state index in [4.69, 9.17) is 0 Å². The number of nitrogens with zero attached hydrogens (tertiary/aromatic N) is 1. The van der Waals surface area contributed by atoms with E-state index in [1.165, 1.54) is 11.8 Å². The predicted molar refractivity (Wildman–Crippen MR) is 91.0 cm³/mol. The SMILES string of the molecule is CCNC(=NCC1(c2ccccc2)CC1)NCCS(C)(=O)=O. The first kappa shape index (κ1) is 16.8. The lowest BCUT2D eigenvalue weighted by atomic mass is 9.96. The van der Waals surface area contributed by atoms with Crippen LogP contribution < -0.4 is 10.6 Å². The van der Waals surface area contributed by atoms with E-state index in [1.54, 1.807) is 0 Å². The fourth-order valence-corrected chi connectivity index (χ4v) is 2.88.